The molecule has 1 heterocycles. The predicted octanol–water partition coefficient (Wildman–Crippen LogP) is 3.84. The second-order valence-electron chi connectivity index (χ2n) is 3.33. The van der Waals surface area contributed by atoms with Crippen LogP contribution in [-0.4, -0.2) is 9.97 Å². The minimum absolute atomic E-state index is 0.166. The number of rotatable bonds is 2. The van der Waals surface area contributed by atoms with Gasteiger partial charge >= 0.3 is 0 Å². The lowest BCUT2D eigenvalue weighted by molar-refractivity contribution is 1.17. The second-order valence-corrected chi connectivity index (χ2v) is 4.08. The van der Waals surface area contributed by atoms with Crippen LogP contribution in [0.1, 0.15) is 5.56 Å². The van der Waals surface area contributed by atoms with E-state index in [9.17, 15) is 0 Å². The van der Waals surface area contributed by atoms with Gasteiger partial charge in [-0.2, -0.15) is 4.98 Å². The van der Waals surface area contributed by atoms with Gasteiger partial charge in [0.05, 0.1) is 6.20 Å². The van der Waals surface area contributed by atoms with Gasteiger partial charge in [-0.1, -0.05) is 23.7 Å². The van der Waals surface area contributed by atoms with E-state index in [1.165, 1.54) is 6.20 Å². The average molecular weight is 254 g/mol. The molecule has 1 N–H and O–H groups in total. The molecule has 0 aliphatic rings. The van der Waals surface area contributed by atoms with E-state index in [-0.39, 0.29) is 5.28 Å². The highest BCUT2D eigenvalue weighted by molar-refractivity contribution is 6.33. The molecule has 0 fully saturated rings. The second kappa shape index (κ2) is 4.68. The minimum Gasteiger partial charge on any atom is -0.339 e. The van der Waals surface area contributed by atoms with Gasteiger partial charge < -0.3 is 5.32 Å². The van der Waals surface area contributed by atoms with Gasteiger partial charge in [0.2, 0.25) is 5.28 Å². The molecule has 0 saturated carbocycles. The van der Waals surface area contributed by atoms with Crippen molar-refractivity contribution < 1.29 is 0 Å². The van der Waals surface area contributed by atoms with Crippen molar-refractivity contribution in [2.45, 2.75) is 6.92 Å². The summed E-state index contributed by atoms with van der Waals surface area (Å²) in [7, 11) is 0. The molecule has 0 aliphatic carbocycles. The van der Waals surface area contributed by atoms with Crippen LogP contribution in [0.2, 0.25) is 10.3 Å². The summed E-state index contributed by atoms with van der Waals surface area (Å²) in [5.41, 5.74) is 2.07. The van der Waals surface area contributed by atoms with Crippen LogP contribution >= 0.6 is 23.2 Å². The van der Waals surface area contributed by atoms with E-state index in [0.29, 0.717) is 10.8 Å². The van der Waals surface area contributed by atoms with Gasteiger partial charge in [0.1, 0.15) is 5.02 Å². The Kier molecular flexibility index (Phi) is 3.27. The van der Waals surface area contributed by atoms with Crippen molar-refractivity contribution >= 4 is 34.7 Å². The number of aromatic nitrogens is 2. The zero-order chi connectivity index (χ0) is 11.5. The maximum atomic E-state index is 5.94. The normalized spacial score (nSPS) is 10.2. The Morgan fingerprint density at radius 3 is 2.81 bits per heavy atom. The summed E-state index contributed by atoms with van der Waals surface area (Å²) in [6, 6.07) is 7.89. The molecule has 0 amide bonds. The van der Waals surface area contributed by atoms with Gasteiger partial charge in [-0.3, -0.25) is 0 Å². The third kappa shape index (κ3) is 2.62. The van der Waals surface area contributed by atoms with Crippen LogP contribution in [-0.2, 0) is 0 Å². The summed E-state index contributed by atoms with van der Waals surface area (Å²) >= 11 is 11.6. The summed E-state index contributed by atoms with van der Waals surface area (Å²) < 4.78 is 0. The highest BCUT2D eigenvalue weighted by Gasteiger charge is 2.04. The number of hydrogen-bond acceptors (Lipinski definition) is 3. The lowest BCUT2D eigenvalue weighted by atomic mass is 10.2. The maximum absolute atomic E-state index is 5.94. The number of nitrogens with one attached hydrogen (secondary N) is 1. The van der Waals surface area contributed by atoms with Gasteiger partial charge in [0, 0.05) is 5.69 Å². The third-order valence-electron chi connectivity index (χ3n) is 2.00. The summed E-state index contributed by atoms with van der Waals surface area (Å²) in [5.74, 6) is 0.507. The third-order valence-corrected chi connectivity index (χ3v) is 2.45. The molecule has 2 aromatic rings. The fourth-order valence-electron chi connectivity index (χ4n) is 1.29. The molecular formula is C11H9Cl2N3. The monoisotopic (exact) mass is 253 g/mol. The van der Waals surface area contributed by atoms with Crippen LogP contribution in [0.3, 0.4) is 0 Å². The molecule has 0 spiro atoms. The zero-order valence-electron chi connectivity index (χ0n) is 8.54. The molecule has 1 aromatic heterocycles. The number of halogens is 2. The Morgan fingerprint density at radius 1 is 1.25 bits per heavy atom. The zero-order valence-corrected chi connectivity index (χ0v) is 10.0. The van der Waals surface area contributed by atoms with E-state index in [0.717, 1.165) is 11.3 Å². The van der Waals surface area contributed by atoms with Crippen molar-refractivity contribution in [2.75, 3.05) is 5.32 Å². The smallest absolute Gasteiger partial charge is 0.224 e. The number of anilines is 2. The van der Waals surface area contributed by atoms with Crippen LogP contribution in [0.4, 0.5) is 11.5 Å². The van der Waals surface area contributed by atoms with E-state index in [2.05, 4.69) is 15.3 Å². The van der Waals surface area contributed by atoms with E-state index in [1.54, 1.807) is 0 Å². The average Bonchev–Trinajstić information content (AvgIpc) is 2.24. The van der Waals surface area contributed by atoms with Crippen LogP contribution in [0, 0.1) is 6.92 Å². The van der Waals surface area contributed by atoms with Gasteiger partial charge in [-0.05, 0) is 36.2 Å². The first-order chi connectivity index (χ1) is 7.65. The fourth-order valence-corrected chi connectivity index (χ4v) is 1.56. The van der Waals surface area contributed by atoms with Crippen molar-refractivity contribution in [3.8, 4) is 0 Å². The van der Waals surface area contributed by atoms with E-state index >= 15 is 0 Å². The summed E-state index contributed by atoms with van der Waals surface area (Å²) in [6.07, 6.45) is 1.47. The molecule has 0 atom stereocenters. The SMILES string of the molecule is Cc1cccc(Nc2nc(Cl)ncc2Cl)c1. The van der Waals surface area contributed by atoms with E-state index < -0.39 is 0 Å². The van der Waals surface area contributed by atoms with Crippen LogP contribution < -0.4 is 5.32 Å². The van der Waals surface area contributed by atoms with Gasteiger partial charge in [-0.15, -0.1) is 0 Å². The van der Waals surface area contributed by atoms with Crippen molar-refractivity contribution in [1.82, 2.24) is 9.97 Å². The minimum atomic E-state index is 0.166. The molecule has 3 nitrogen and oxygen atoms in total. The number of benzene rings is 1. The van der Waals surface area contributed by atoms with Crippen molar-refractivity contribution in [3.05, 3.63) is 46.3 Å². The highest BCUT2D eigenvalue weighted by Crippen LogP contribution is 2.23. The highest BCUT2D eigenvalue weighted by atomic mass is 35.5. The quantitative estimate of drug-likeness (QED) is 0.827. The molecule has 2 rings (SSSR count). The first-order valence-electron chi connectivity index (χ1n) is 4.67. The standard InChI is InChI=1S/C11H9Cl2N3/c1-7-3-2-4-8(5-7)15-10-9(12)6-14-11(13)16-10/h2-6H,1H3,(H,14,15,16). The van der Waals surface area contributed by atoms with E-state index in [1.807, 2.05) is 31.2 Å². The van der Waals surface area contributed by atoms with Gasteiger partial charge in [0.25, 0.3) is 0 Å². The van der Waals surface area contributed by atoms with Crippen LogP contribution in [0.15, 0.2) is 30.5 Å². The number of hydrogen-bond donors (Lipinski definition) is 1. The molecule has 5 heteroatoms. The molecule has 0 unspecified atom stereocenters. The van der Waals surface area contributed by atoms with Gasteiger partial charge in [-0.25, -0.2) is 4.98 Å². The summed E-state index contributed by atoms with van der Waals surface area (Å²) in [4.78, 5) is 7.79. The molecular weight excluding hydrogens is 245 g/mol. The maximum Gasteiger partial charge on any atom is 0.224 e. The molecule has 16 heavy (non-hydrogen) atoms. The number of nitrogens with zero attached hydrogens (tertiary/aromatic N) is 2. The summed E-state index contributed by atoms with van der Waals surface area (Å²) in [5, 5.41) is 3.69. The molecule has 1 aromatic carbocycles. The lowest BCUT2D eigenvalue weighted by Gasteiger charge is -2.07. The first-order valence-corrected chi connectivity index (χ1v) is 5.42. The Labute approximate surface area is 103 Å². The molecule has 0 aliphatic heterocycles. The van der Waals surface area contributed by atoms with E-state index in [4.69, 9.17) is 23.2 Å². The van der Waals surface area contributed by atoms with Gasteiger partial charge in [0.15, 0.2) is 5.82 Å². The van der Waals surface area contributed by atoms with Crippen molar-refractivity contribution in [2.24, 2.45) is 0 Å². The first kappa shape index (κ1) is 11.2. The molecule has 82 valence electrons. The summed E-state index contributed by atoms with van der Waals surface area (Å²) in [6.45, 7) is 2.01. The van der Waals surface area contributed by atoms with Crippen molar-refractivity contribution in [3.63, 3.8) is 0 Å². The number of aryl methyl sites for hydroxylation is 1. The predicted molar refractivity (Wildman–Crippen MR) is 66.5 cm³/mol. The van der Waals surface area contributed by atoms with Crippen LogP contribution in [0.25, 0.3) is 0 Å². The van der Waals surface area contributed by atoms with Crippen molar-refractivity contribution in [1.29, 1.82) is 0 Å². The Hall–Kier alpha value is -1.32. The molecule has 0 saturated heterocycles. The largest absolute Gasteiger partial charge is 0.339 e. The topological polar surface area (TPSA) is 37.8 Å². The lowest BCUT2D eigenvalue weighted by Crippen LogP contribution is -1.96. The Morgan fingerprint density at radius 2 is 2.06 bits per heavy atom. The molecule has 0 bridgehead atoms. The Balaban J connectivity index is 2.30. The van der Waals surface area contributed by atoms with Crippen LogP contribution in [0.5, 0.6) is 0 Å². The molecule has 0 radical (unpaired) electrons. The fraction of sp³-hybridized carbons (Fsp3) is 0.0909. The Bertz CT molecular complexity index is 514.